The molecule has 0 N–H and O–H groups in total. The summed E-state index contributed by atoms with van der Waals surface area (Å²) in [6.45, 7) is 8.72. The van der Waals surface area contributed by atoms with Crippen molar-refractivity contribution in [3.05, 3.63) is 83.2 Å². The first-order chi connectivity index (χ1) is 15.1. The van der Waals surface area contributed by atoms with Crippen LogP contribution in [-0.4, -0.2) is 23.0 Å². The number of benzene rings is 2. The predicted octanol–water partition coefficient (Wildman–Crippen LogP) is 4.70. The summed E-state index contributed by atoms with van der Waals surface area (Å²) in [6, 6.07) is 12.3. The monoisotopic (exact) mass is 438 g/mol. The van der Waals surface area contributed by atoms with E-state index in [1.165, 1.54) is 6.07 Å². The lowest BCUT2D eigenvalue weighted by Gasteiger charge is -2.29. The van der Waals surface area contributed by atoms with Gasteiger partial charge in [0.2, 0.25) is 11.8 Å². The van der Waals surface area contributed by atoms with Crippen LogP contribution in [0.25, 0.3) is 4.85 Å². The number of carbonyl (C=O) groups is 2. The van der Waals surface area contributed by atoms with Gasteiger partial charge in [0, 0.05) is 12.1 Å². The summed E-state index contributed by atoms with van der Waals surface area (Å²) >= 11 is 0. The van der Waals surface area contributed by atoms with Crippen molar-refractivity contribution in [2.24, 2.45) is 11.8 Å². The van der Waals surface area contributed by atoms with Crippen molar-refractivity contribution < 1.29 is 27.5 Å². The maximum Gasteiger partial charge on any atom is 0.407 e. The zero-order chi connectivity index (χ0) is 22.9. The highest BCUT2D eigenvalue weighted by molar-refractivity contribution is 6.23. The molecule has 2 amide bonds. The van der Waals surface area contributed by atoms with Crippen LogP contribution in [0.15, 0.2) is 60.7 Å². The van der Waals surface area contributed by atoms with Gasteiger partial charge < -0.3 is 4.74 Å². The molecule has 2 fully saturated rings. The van der Waals surface area contributed by atoms with E-state index in [1.54, 1.807) is 19.1 Å². The standard InChI is InChI=1S/C24H17F3N2O3/c1-22-10-11-23(32-22,13-14-6-4-3-5-7-14)19-18(22)20(30)29(21(19)31)15-8-9-17(28-2)16(12-15)24(25,26)27/h3-12,18-19H,13H2,1H3/t18-,19+,22?,23?/m1/s1. The molecule has 0 aromatic heterocycles. The average Bonchev–Trinajstić information content (AvgIpc) is 3.32. The van der Waals surface area contributed by atoms with Crippen molar-refractivity contribution in [3.8, 4) is 0 Å². The molecule has 2 saturated heterocycles. The van der Waals surface area contributed by atoms with Gasteiger partial charge >= 0.3 is 6.18 Å². The number of hydrogen-bond donors (Lipinski definition) is 0. The lowest BCUT2D eigenvalue weighted by Crippen LogP contribution is -2.42. The van der Waals surface area contributed by atoms with Gasteiger partial charge in [-0.15, -0.1) is 0 Å². The highest BCUT2D eigenvalue weighted by Gasteiger charge is 2.72. The molecule has 5 rings (SSSR count). The van der Waals surface area contributed by atoms with Gasteiger partial charge in [-0.25, -0.2) is 9.74 Å². The van der Waals surface area contributed by atoms with Gasteiger partial charge in [0.05, 0.1) is 29.6 Å². The number of nitrogens with zero attached hydrogens (tertiary/aromatic N) is 2. The van der Waals surface area contributed by atoms with Gasteiger partial charge in [0.1, 0.15) is 5.60 Å². The fourth-order valence-electron chi connectivity index (χ4n) is 5.22. The van der Waals surface area contributed by atoms with E-state index in [9.17, 15) is 22.8 Å². The SMILES string of the molecule is [C-]#[N+]c1ccc(N2C(=O)[C@@H]3[C@H](C2=O)C2(C)C=CC3(Cc3ccccc3)O2)cc1C(F)(F)F. The number of hydrogen-bond acceptors (Lipinski definition) is 3. The van der Waals surface area contributed by atoms with Crippen LogP contribution in [0.3, 0.4) is 0 Å². The third kappa shape index (κ3) is 2.74. The topological polar surface area (TPSA) is 51.0 Å². The quantitative estimate of drug-likeness (QED) is 0.397. The average molecular weight is 438 g/mol. The molecule has 3 aliphatic heterocycles. The molecule has 0 radical (unpaired) electrons. The van der Waals surface area contributed by atoms with Crippen LogP contribution in [0.2, 0.25) is 0 Å². The molecule has 3 heterocycles. The van der Waals surface area contributed by atoms with Gasteiger partial charge in [0.25, 0.3) is 0 Å². The van der Waals surface area contributed by atoms with Crippen molar-refractivity contribution in [1.29, 1.82) is 0 Å². The molecule has 2 bridgehead atoms. The third-order valence-corrected chi connectivity index (χ3v) is 6.54. The largest absolute Gasteiger partial charge is 0.407 e. The molecule has 2 unspecified atom stereocenters. The molecule has 0 saturated carbocycles. The van der Waals surface area contributed by atoms with E-state index < -0.39 is 52.3 Å². The number of carbonyl (C=O) groups excluding carboxylic acids is 2. The molecule has 2 aromatic rings. The maximum absolute atomic E-state index is 13.5. The number of amides is 2. The van der Waals surface area contributed by atoms with Crippen LogP contribution < -0.4 is 4.90 Å². The minimum Gasteiger partial charge on any atom is -0.359 e. The summed E-state index contributed by atoms with van der Waals surface area (Å²) in [5.74, 6) is -2.86. The van der Waals surface area contributed by atoms with Crippen LogP contribution >= 0.6 is 0 Å². The van der Waals surface area contributed by atoms with Crippen molar-refractivity contribution in [2.75, 3.05) is 4.90 Å². The Labute approximate surface area is 181 Å². The van der Waals surface area contributed by atoms with Crippen molar-refractivity contribution in [3.63, 3.8) is 0 Å². The van der Waals surface area contributed by atoms with Gasteiger partial charge in [-0.1, -0.05) is 48.6 Å². The normalized spacial score (nSPS) is 30.7. The number of alkyl halides is 3. The second-order valence-electron chi connectivity index (χ2n) is 8.51. The van der Waals surface area contributed by atoms with E-state index >= 15 is 0 Å². The third-order valence-electron chi connectivity index (χ3n) is 6.54. The highest BCUT2D eigenvalue weighted by atomic mass is 19.4. The van der Waals surface area contributed by atoms with Crippen molar-refractivity contribution >= 4 is 23.2 Å². The zero-order valence-corrected chi connectivity index (χ0v) is 16.9. The molecule has 162 valence electrons. The maximum atomic E-state index is 13.5. The number of anilines is 1. The lowest BCUT2D eigenvalue weighted by molar-refractivity contribution is -0.137. The van der Waals surface area contributed by atoms with Crippen LogP contribution in [0, 0.1) is 18.4 Å². The van der Waals surface area contributed by atoms with Gasteiger partial charge in [0.15, 0.2) is 5.69 Å². The molecule has 4 atom stereocenters. The minimum atomic E-state index is -4.79. The van der Waals surface area contributed by atoms with E-state index in [0.717, 1.165) is 16.5 Å². The summed E-state index contributed by atoms with van der Waals surface area (Å²) in [7, 11) is 0. The van der Waals surface area contributed by atoms with Crippen LogP contribution in [0.5, 0.6) is 0 Å². The summed E-state index contributed by atoms with van der Waals surface area (Å²) in [4.78, 5) is 30.6. The summed E-state index contributed by atoms with van der Waals surface area (Å²) < 4.78 is 46.7. The summed E-state index contributed by atoms with van der Waals surface area (Å²) in [6.07, 6.45) is -0.853. The summed E-state index contributed by atoms with van der Waals surface area (Å²) in [5, 5.41) is 0. The van der Waals surface area contributed by atoms with E-state index in [-0.39, 0.29) is 5.69 Å². The minimum absolute atomic E-state index is 0.188. The molecular formula is C24H17F3N2O3. The van der Waals surface area contributed by atoms with E-state index in [1.807, 2.05) is 30.3 Å². The summed E-state index contributed by atoms with van der Waals surface area (Å²) in [5.41, 5.74) is -3.10. The molecule has 0 aliphatic carbocycles. The van der Waals surface area contributed by atoms with Crippen LogP contribution in [0.4, 0.5) is 24.5 Å². The molecular weight excluding hydrogens is 421 g/mol. The molecule has 5 nitrogen and oxygen atoms in total. The molecule has 32 heavy (non-hydrogen) atoms. The molecule has 3 aliphatic rings. The number of imide groups is 1. The fourth-order valence-corrected chi connectivity index (χ4v) is 5.22. The molecule has 8 heteroatoms. The Hall–Kier alpha value is -3.44. The lowest BCUT2D eigenvalue weighted by atomic mass is 9.70. The fraction of sp³-hybridized carbons (Fsp3) is 0.292. The van der Waals surface area contributed by atoms with Crippen LogP contribution in [0.1, 0.15) is 18.1 Å². The molecule has 0 spiro atoms. The predicted molar refractivity (Wildman–Crippen MR) is 109 cm³/mol. The smallest absolute Gasteiger partial charge is 0.359 e. The number of ether oxygens (including phenoxy) is 1. The molecule has 2 aromatic carbocycles. The van der Waals surface area contributed by atoms with E-state index in [2.05, 4.69) is 4.85 Å². The number of rotatable bonds is 3. The van der Waals surface area contributed by atoms with E-state index in [4.69, 9.17) is 11.3 Å². The Kier molecular flexibility index (Phi) is 4.18. The highest BCUT2D eigenvalue weighted by Crippen LogP contribution is 2.59. The van der Waals surface area contributed by atoms with Gasteiger partial charge in [-0.05, 0) is 24.6 Å². The van der Waals surface area contributed by atoms with Crippen LogP contribution in [-0.2, 0) is 26.9 Å². The van der Waals surface area contributed by atoms with Crippen molar-refractivity contribution in [1.82, 2.24) is 0 Å². The second-order valence-corrected chi connectivity index (χ2v) is 8.51. The zero-order valence-electron chi connectivity index (χ0n) is 16.9. The Morgan fingerprint density at radius 3 is 2.41 bits per heavy atom. The van der Waals surface area contributed by atoms with Gasteiger partial charge in [-0.3, -0.25) is 9.59 Å². The Balaban J connectivity index is 1.57. The van der Waals surface area contributed by atoms with E-state index in [0.29, 0.717) is 12.5 Å². The Morgan fingerprint density at radius 1 is 1.06 bits per heavy atom. The number of halogens is 3. The first kappa shape index (κ1) is 20.5. The second kappa shape index (κ2) is 6.53. The number of fused-ring (bicyclic) bond motifs is 5. The first-order valence-corrected chi connectivity index (χ1v) is 10.0. The Morgan fingerprint density at radius 2 is 1.75 bits per heavy atom. The first-order valence-electron chi connectivity index (χ1n) is 10.0. The van der Waals surface area contributed by atoms with Gasteiger partial charge in [-0.2, -0.15) is 13.2 Å². The Bertz CT molecular complexity index is 1220. The van der Waals surface area contributed by atoms with Crippen molar-refractivity contribution in [2.45, 2.75) is 30.7 Å².